The molecule has 0 aromatic carbocycles. The summed E-state index contributed by atoms with van der Waals surface area (Å²) < 4.78 is 4.86. The normalized spacial score (nSPS) is 25.6. The molecule has 1 aliphatic heterocycles. The smallest absolute Gasteiger partial charge is 0.227 e. The van der Waals surface area contributed by atoms with Crippen LogP contribution in [-0.4, -0.2) is 31.8 Å². The quantitative estimate of drug-likeness (QED) is 0.465. The third-order valence-corrected chi connectivity index (χ3v) is 1.13. The summed E-state index contributed by atoms with van der Waals surface area (Å²) in [6.07, 6.45) is 1.65. The standard InChI is InChI=1S/C6H10N2O/c1-5-3-7-4-6(8-5)9-2/h4-5H,3H2,1-2H3/t5-/m0/s1. The Morgan fingerprint density at radius 2 is 2.56 bits per heavy atom. The molecule has 0 amide bonds. The van der Waals surface area contributed by atoms with E-state index in [0.717, 1.165) is 6.54 Å². The summed E-state index contributed by atoms with van der Waals surface area (Å²) in [5.41, 5.74) is 0. The van der Waals surface area contributed by atoms with Gasteiger partial charge in [-0.2, -0.15) is 0 Å². The summed E-state index contributed by atoms with van der Waals surface area (Å²) >= 11 is 0. The van der Waals surface area contributed by atoms with Crippen LogP contribution in [0.15, 0.2) is 9.98 Å². The maximum absolute atomic E-state index is 4.86. The van der Waals surface area contributed by atoms with Crippen molar-refractivity contribution >= 4 is 12.1 Å². The lowest BCUT2D eigenvalue weighted by atomic mass is 10.3. The van der Waals surface area contributed by atoms with E-state index in [1.807, 2.05) is 6.92 Å². The lowest BCUT2D eigenvalue weighted by Gasteiger charge is -2.08. The molecule has 0 spiro atoms. The second-order valence-corrected chi connectivity index (χ2v) is 2.01. The highest BCUT2D eigenvalue weighted by Gasteiger charge is 2.04. The molecule has 0 N–H and O–H groups in total. The summed E-state index contributed by atoms with van der Waals surface area (Å²) in [7, 11) is 1.60. The first-order chi connectivity index (χ1) is 4.33. The van der Waals surface area contributed by atoms with Gasteiger partial charge < -0.3 is 4.74 Å². The third-order valence-electron chi connectivity index (χ3n) is 1.13. The van der Waals surface area contributed by atoms with Gasteiger partial charge in [-0.1, -0.05) is 0 Å². The zero-order chi connectivity index (χ0) is 6.69. The Bertz CT molecular complexity index is 151. The second-order valence-electron chi connectivity index (χ2n) is 2.01. The SMILES string of the molecule is COC1=N[C@@H](C)CN=C1. The predicted molar refractivity (Wildman–Crippen MR) is 37.3 cm³/mol. The topological polar surface area (TPSA) is 34.0 Å². The third kappa shape index (κ3) is 1.52. The average molecular weight is 126 g/mol. The second kappa shape index (κ2) is 2.62. The molecule has 3 heteroatoms. The Labute approximate surface area is 54.5 Å². The van der Waals surface area contributed by atoms with Crippen molar-refractivity contribution in [2.45, 2.75) is 13.0 Å². The summed E-state index contributed by atoms with van der Waals surface area (Å²) in [5.74, 6) is 0.633. The number of methoxy groups -OCH3 is 1. The molecule has 0 bridgehead atoms. The van der Waals surface area contributed by atoms with E-state index in [2.05, 4.69) is 9.98 Å². The van der Waals surface area contributed by atoms with Crippen LogP contribution in [0.2, 0.25) is 0 Å². The van der Waals surface area contributed by atoms with E-state index in [1.165, 1.54) is 0 Å². The number of ether oxygens (including phenoxy) is 1. The van der Waals surface area contributed by atoms with Gasteiger partial charge in [0, 0.05) is 0 Å². The molecule has 50 valence electrons. The highest BCUT2D eigenvalue weighted by atomic mass is 16.5. The Morgan fingerprint density at radius 3 is 3.00 bits per heavy atom. The van der Waals surface area contributed by atoms with Gasteiger partial charge in [0.25, 0.3) is 0 Å². The molecular formula is C6H10N2O. The molecule has 0 saturated carbocycles. The minimum Gasteiger partial charge on any atom is -0.480 e. The minimum atomic E-state index is 0.282. The van der Waals surface area contributed by atoms with Gasteiger partial charge in [-0.05, 0) is 6.92 Å². The van der Waals surface area contributed by atoms with E-state index in [4.69, 9.17) is 4.74 Å². The molecule has 0 fully saturated rings. The van der Waals surface area contributed by atoms with Crippen LogP contribution in [0.5, 0.6) is 0 Å². The Kier molecular flexibility index (Phi) is 1.82. The van der Waals surface area contributed by atoms with Gasteiger partial charge >= 0.3 is 0 Å². The number of rotatable bonds is 0. The van der Waals surface area contributed by atoms with Gasteiger partial charge in [0.2, 0.25) is 5.90 Å². The molecular weight excluding hydrogens is 116 g/mol. The highest BCUT2D eigenvalue weighted by molar-refractivity contribution is 6.26. The van der Waals surface area contributed by atoms with E-state index in [-0.39, 0.29) is 6.04 Å². The van der Waals surface area contributed by atoms with Crippen molar-refractivity contribution in [2.24, 2.45) is 9.98 Å². The van der Waals surface area contributed by atoms with Crippen molar-refractivity contribution in [1.29, 1.82) is 0 Å². The van der Waals surface area contributed by atoms with Crippen LogP contribution in [0.4, 0.5) is 0 Å². The molecule has 1 aliphatic rings. The molecule has 0 saturated heterocycles. The van der Waals surface area contributed by atoms with Crippen molar-refractivity contribution in [1.82, 2.24) is 0 Å². The molecule has 0 aromatic heterocycles. The predicted octanol–water partition coefficient (Wildman–Crippen LogP) is 0.504. The van der Waals surface area contributed by atoms with E-state index in [0.29, 0.717) is 5.90 Å². The molecule has 0 radical (unpaired) electrons. The Balaban J connectivity index is 2.59. The summed E-state index contributed by atoms with van der Waals surface area (Å²) in [6.45, 7) is 2.79. The van der Waals surface area contributed by atoms with Gasteiger partial charge in [-0.3, -0.25) is 4.99 Å². The van der Waals surface area contributed by atoms with E-state index < -0.39 is 0 Å². The van der Waals surface area contributed by atoms with Crippen LogP contribution in [0.25, 0.3) is 0 Å². The number of hydrogen-bond acceptors (Lipinski definition) is 3. The number of nitrogens with zero attached hydrogens (tertiary/aromatic N) is 2. The average Bonchev–Trinajstić information content (AvgIpc) is 1.88. The van der Waals surface area contributed by atoms with Gasteiger partial charge in [0.05, 0.1) is 25.9 Å². The molecule has 0 aromatic rings. The highest BCUT2D eigenvalue weighted by Crippen LogP contribution is 1.96. The monoisotopic (exact) mass is 126 g/mol. The van der Waals surface area contributed by atoms with Crippen molar-refractivity contribution in [2.75, 3.05) is 13.7 Å². The Hall–Kier alpha value is -0.860. The molecule has 3 nitrogen and oxygen atoms in total. The number of hydrogen-bond donors (Lipinski definition) is 0. The van der Waals surface area contributed by atoms with Crippen molar-refractivity contribution in [3.05, 3.63) is 0 Å². The number of aliphatic imine (C=N–C) groups is 2. The van der Waals surface area contributed by atoms with Crippen LogP contribution >= 0.6 is 0 Å². The molecule has 1 rings (SSSR count). The maximum atomic E-state index is 4.86. The molecule has 0 aliphatic carbocycles. The van der Waals surface area contributed by atoms with Crippen molar-refractivity contribution < 1.29 is 4.74 Å². The first-order valence-electron chi connectivity index (χ1n) is 2.94. The molecule has 0 unspecified atom stereocenters. The van der Waals surface area contributed by atoms with Gasteiger partial charge in [0.1, 0.15) is 0 Å². The Morgan fingerprint density at radius 1 is 1.78 bits per heavy atom. The van der Waals surface area contributed by atoms with Crippen LogP contribution in [0.3, 0.4) is 0 Å². The minimum absolute atomic E-state index is 0.282. The fraction of sp³-hybridized carbons (Fsp3) is 0.667. The van der Waals surface area contributed by atoms with E-state index >= 15 is 0 Å². The van der Waals surface area contributed by atoms with E-state index in [9.17, 15) is 0 Å². The summed E-state index contributed by atoms with van der Waals surface area (Å²) in [5, 5.41) is 0. The fourth-order valence-corrected chi connectivity index (χ4v) is 0.680. The van der Waals surface area contributed by atoms with E-state index in [1.54, 1.807) is 13.3 Å². The fourth-order valence-electron chi connectivity index (χ4n) is 0.680. The first-order valence-corrected chi connectivity index (χ1v) is 2.94. The van der Waals surface area contributed by atoms with Crippen molar-refractivity contribution in [3.8, 4) is 0 Å². The lowest BCUT2D eigenvalue weighted by molar-refractivity contribution is 0.405. The zero-order valence-corrected chi connectivity index (χ0v) is 5.66. The van der Waals surface area contributed by atoms with Crippen LogP contribution in [0.1, 0.15) is 6.92 Å². The zero-order valence-electron chi connectivity index (χ0n) is 5.66. The van der Waals surface area contributed by atoms with Gasteiger partial charge in [-0.25, -0.2) is 4.99 Å². The van der Waals surface area contributed by atoms with Crippen LogP contribution < -0.4 is 0 Å². The van der Waals surface area contributed by atoms with Gasteiger partial charge in [0.15, 0.2) is 0 Å². The summed E-state index contributed by atoms with van der Waals surface area (Å²) in [6, 6.07) is 0.282. The maximum Gasteiger partial charge on any atom is 0.227 e. The first kappa shape index (κ1) is 6.26. The largest absolute Gasteiger partial charge is 0.480 e. The lowest BCUT2D eigenvalue weighted by Crippen LogP contribution is -2.16. The van der Waals surface area contributed by atoms with Crippen molar-refractivity contribution in [3.63, 3.8) is 0 Å². The molecule has 1 atom stereocenters. The van der Waals surface area contributed by atoms with Crippen LogP contribution in [0, 0.1) is 0 Å². The van der Waals surface area contributed by atoms with Gasteiger partial charge in [-0.15, -0.1) is 0 Å². The molecule has 9 heavy (non-hydrogen) atoms. The molecule has 1 heterocycles. The van der Waals surface area contributed by atoms with Crippen LogP contribution in [-0.2, 0) is 4.74 Å². The summed E-state index contributed by atoms with van der Waals surface area (Å²) in [4.78, 5) is 8.18.